The molecule has 5 heteroatoms. The molecule has 94 valence electrons. The third kappa shape index (κ3) is 3.06. The zero-order valence-electron chi connectivity index (χ0n) is 9.81. The van der Waals surface area contributed by atoms with Gasteiger partial charge in [0.05, 0.1) is 12.5 Å². The number of rotatable bonds is 4. The first-order chi connectivity index (χ1) is 8.10. The maximum absolute atomic E-state index is 11.7. The molecule has 2 N–H and O–H groups in total. The summed E-state index contributed by atoms with van der Waals surface area (Å²) in [7, 11) is 0. The Kier molecular flexibility index (Phi) is 3.81. The van der Waals surface area contributed by atoms with Gasteiger partial charge in [0, 0.05) is 24.4 Å². The molecule has 2 atom stereocenters. The van der Waals surface area contributed by atoms with Gasteiger partial charge in [-0.2, -0.15) is 0 Å². The van der Waals surface area contributed by atoms with Gasteiger partial charge in [-0.05, 0) is 18.4 Å². The van der Waals surface area contributed by atoms with Gasteiger partial charge < -0.3 is 15.2 Å². The number of aliphatic hydroxyl groups is 1. The van der Waals surface area contributed by atoms with Crippen LogP contribution in [0, 0.1) is 0 Å². The lowest BCUT2D eigenvalue weighted by Gasteiger charge is -2.26. The lowest BCUT2D eigenvalue weighted by molar-refractivity contribution is -0.122. The van der Waals surface area contributed by atoms with E-state index in [1.54, 1.807) is 11.3 Å². The number of amides is 1. The van der Waals surface area contributed by atoms with Crippen LogP contribution in [0.5, 0.6) is 0 Å². The first kappa shape index (κ1) is 12.5. The van der Waals surface area contributed by atoms with Crippen LogP contribution in [0.2, 0.25) is 0 Å². The summed E-state index contributed by atoms with van der Waals surface area (Å²) in [4.78, 5) is 12.7. The van der Waals surface area contributed by atoms with Gasteiger partial charge in [0.1, 0.15) is 5.60 Å². The van der Waals surface area contributed by atoms with E-state index in [2.05, 4.69) is 5.32 Å². The standard InChI is InChI=1S/C12H17NO3S/c1-9-12(15,4-5-16-9)8-13-11(14)7-10-3-2-6-17-10/h2-3,6,9,15H,4-5,7-8H2,1H3,(H,13,14). The van der Waals surface area contributed by atoms with E-state index in [-0.39, 0.29) is 18.6 Å². The van der Waals surface area contributed by atoms with Crippen molar-refractivity contribution in [1.82, 2.24) is 5.32 Å². The third-order valence-electron chi connectivity index (χ3n) is 3.17. The second-order valence-electron chi connectivity index (χ2n) is 4.40. The van der Waals surface area contributed by atoms with Gasteiger partial charge in [0.2, 0.25) is 5.91 Å². The average molecular weight is 255 g/mol. The molecule has 0 saturated carbocycles. The Morgan fingerprint density at radius 1 is 1.76 bits per heavy atom. The maximum atomic E-state index is 11.7. The van der Waals surface area contributed by atoms with Gasteiger partial charge in [0.15, 0.2) is 0 Å². The molecule has 2 rings (SSSR count). The van der Waals surface area contributed by atoms with Crippen molar-refractivity contribution >= 4 is 17.2 Å². The molecule has 1 amide bonds. The highest BCUT2D eigenvalue weighted by molar-refractivity contribution is 7.10. The summed E-state index contributed by atoms with van der Waals surface area (Å²) in [5, 5.41) is 14.9. The summed E-state index contributed by atoms with van der Waals surface area (Å²) in [5.41, 5.74) is -0.912. The summed E-state index contributed by atoms with van der Waals surface area (Å²) < 4.78 is 5.31. The molecule has 0 radical (unpaired) electrons. The molecular formula is C12H17NO3S. The minimum absolute atomic E-state index is 0.0556. The van der Waals surface area contributed by atoms with Crippen LogP contribution in [0.1, 0.15) is 18.2 Å². The predicted molar refractivity (Wildman–Crippen MR) is 66.0 cm³/mol. The molecule has 1 saturated heterocycles. The molecule has 1 aromatic rings. The van der Waals surface area contributed by atoms with Crippen molar-refractivity contribution in [3.8, 4) is 0 Å². The first-order valence-electron chi connectivity index (χ1n) is 5.73. The molecule has 1 aromatic heterocycles. The van der Waals surface area contributed by atoms with Gasteiger partial charge in [-0.25, -0.2) is 0 Å². The summed E-state index contributed by atoms with van der Waals surface area (Å²) in [6.07, 6.45) is 0.737. The van der Waals surface area contributed by atoms with E-state index >= 15 is 0 Å². The molecular weight excluding hydrogens is 238 g/mol. The fraction of sp³-hybridized carbons (Fsp3) is 0.583. The number of carbonyl (C=O) groups is 1. The Morgan fingerprint density at radius 2 is 2.59 bits per heavy atom. The van der Waals surface area contributed by atoms with Gasteiger partial charge in [-0.3, -0.25) is 4.79 Å². The summed E-state index contributed by atoms with van der Waals surface area (Å²) in [5.74, 6) is -0.0556. The fourth-order valence-electron chi connectivity index (χ4n) is 1.89. The fourth-order valence-corrected chi connectivity index (χ4v) is 2.59. The first-order valence-corrected chi connectivity index (χ1v) is 6.61. The quantitative estimate of drug-likeness (QED) is 0.842. The van der Waals surface area contributed by atoms with Crippen LogP contribution >= 0.6 is 11.3 Å². The highest BCUT2D eigenvalue weighted by Crippen LogP contribution is 2.24. The topological polar surface area (TPSA) is 58.6 Å². The third-order valence-corrected chi connectivity index (χ3v) is 4.04. The van der Waals surface area contributed by atoms with Crippen LogP contribution < -0.4 is 5.32 Å². The SMILES string of the molecule is CC1OCCC1(O)CNC(=O)Cc1cccs1. The summed E-state index contributed by atoms with van der Waals surface area (Å²) in [6.45, 7) is 2.65. The maximum Gasteiger partial charge on any atom is 0.225 e. The van der Waals surface area contributed by atoms with Crippen molar-refractivity contribution < 1.29 is 14.6 Å². The zero-order valence-corrected chi connectivity index (χ0v) is 10.6. The zero-order chi connectivity index (χ0) is 12.3. The predicted octanol–water partition coefficient (Wildman–Crippen LogP) is 0.947. The van der Waals surface area contributed by atoms with Gasteiger partial charge >= 0.3 is 0 Å². The Balaban J connectivity index is 1.80. The molecule has 0 aromatic carbocycles. The van der Waals surface area contributed by atoms with E-state index in [0.717, 1.165) is 4.88 Å². The van der Waals surface area contributed by atoms with E-state index < -0.39 is 5.60 Å². The molecule has 1 aliphatic heterocycles. The van der Waals surface area contributed by atoms with Crippen molar-refractivity contribution in [3.63, 3.8) is 0 Å². The van der Waals surface area contributed by atoms with E-state index in [1.165, 1.54) is 0 Å². The van der Waals surface area contributed by atoms with Crippen LogP contribution in [0.3, 0.4) is 0 Å². The lowest BCUT2D eigenvalue weighted by atomic mass is 9.97. The molecule has 0 aliphatic carbocycles. The van der Waals surface area contributed by atoms with Crippen LogP contribution in [0.4, 0.5) is 0 Å². The smallest absolute Gasteiger partial charge is 0.225 e. The van der Waals surface area contributed by atoms with E-state index in [1.807, 2.05) is 24.4 Å². The van der Waals surface area contributed by atoms with Crippen molar-refractivity contribution in [1.29, 1.82) is 0 Å². The number of nitrogens with one attached hydrogen (secondary N) is 1. The Hall–Kier alpha value is -0.910. The van der Waals surface area contributed by atoms with Gasteiger partial charge in [-0.15, -0.1) is 11.3 Å². The van der Waals surface area contributed by atoms with Crippen molar-refractivity contribution in [2.45, 2.75) is 31.5 Å². The van der Waals surface area contributed by atoms with E-state index in [4.69, 9.17) is 4.74 Å². The minimum atomic E-state index is -0.912. The molecule has 0 spiro atoms. The highest BCUT2D eigenvalue weighted by Gasteiger charge is 2.39. The largest absolute Gasteiger partial charge is 0.385 e. The Bertz CT molecular complexity index is 379. The number of thiophene rings is 1. The second kappa shape index (κ2) is 5.16. The van der Waals surface area contributed by atoms with Crippen LogP contribution in [0.15, 0.2) is 17.5 Å². The molecule has 1 aliphatic rings. The molecule has 1 fully saturated rings. The number of hydrogen-bond donors (Lipinski definition) is 2. The monoisotopic (exact) mass is 255 g/mol. The summed E-state index contributed by atoms with van der Waals surface area (Å²) >= 11 is 1.56. The van der Waals surface area contributed by atoms with Gasteiger partial charge in [0.25, 0.3) is 0 Å². The normalized spacial score (nSPS) is 28.2. The van der Waals surface area contributed by atoms with Crippen molar-refractivity contribution in [3.05, 3.63) is 22.4 Å². The molecule has 2 heterocycles. The average Bonchev–Trinajstić information content (AvgIpc) is 2.89. The second-order valence-corrected chi connectivity index (χ2v) is 5.43. The van der Waals surface area contributed by atoms with Crippen LogP contribution in [0.25, 0.3) is 0 Å². The number of ether oxygens (including phenoxy) is 1. The lowest BCUT2D eigenvalue weighted by Crippen LogP contribution is -2.47. The van der Waals surface area contributed by atoms with Crippen LogP contribution in [-0.4, -0.2) is 35.9 Å². The molecule has 0 bridgehead atoms. The Labute approximate surface area is 105 Å². The Morgan fingerprint density at radius 3 is 3.18 bits per heavy atom. The van der Waals surface area contributed by atoms with E-state index in [0.29, 0.717) is 19.4 Å². The molecule has 17 heavy (non-hydrogen) atoms. The highest BCUT2D eigenvalue weighted by atomic mass is 32.1. The number of carbonyl (C=O) groups excluding carboxylic acids is 1. The van der Waals surface area contributed by atoms with Crippen LogP contribution in [-0.2, 0) is 16.0 Å². The molecule has 4 nitrogen and oxygen atoms in total. The summed E-state index contributed by atoms with van der Waals surface area (Å²) in [6, 6.07) is 3.86. The molecule has 2 unspecified atom stereocenters. The van der Waals surface area contributed by atoms with Crippen molar-refractivity contribution in [2.24, 2.45) is 0 Å². The minimum Gasteiger partial charge on any atom is -0.385 e. The van der Waals surface area contributed by atoms with Gasteiger partial charge in [-0.1, -0.05) is 6.07 Å². The van der Waals surface area contributed by atoms with E-state index in [9.17, 15) is 9.90 Å². The van der Waals surface area contributed by atoms with Crippen molar-refractivity contribution in [2.75, 3.05) is 13.2 Å². The number of hydrogen-bond acceptors (Lipinski definition) is 4.